The molecule has 5 nitrogen and oxygen atoms in total. The lowest BCUT2D eigenvalue weighted by Crippen LogP contribution is -2.14. The van der Waals surface area contributed by atoms with Gasteiger partial charge >= 0.3 is 0 Å². The molecule has 1 aliphatic carbocycles. The molecule has 0 saturated heterocycles. The Hall–Kier alpha value is -2.12. The maximum absolute atomic E-state index is 12.2. The lowest BCUT2D eigenvalue weighted by atomic mass is 9.87. The molecule has 1 aliphatic rings. The number of aromatic nitrogens is 3. The Bertz CT molecular complexity index is 964. The Morgan fingerprint density at radius 3 is 2.93 bits per heavy atom. The van der Waals surface area contributed by atoms with E-state index in [1.807, 2.05) is 53.3 Å². The Morgan fingerprint density at radius 2 is 2.14 bits per heavy atom. The van der Waals surface area contributed by atoms with Crippen LogP contribution in [-0.2, 0) is 24.7 Å². The van der Waals surface area contributed by atoms with Gasteiger partial charge in [0, 0.05) is 17.6 Å². The van der Waals surface area contributed by atoms with E-state index in [2.05, 4.69) is 28.5 Å². The number of carbonyl (C=O) groups is 1. The topological polar surface area (TPSA) is 59.8 Å². The predicted molar refractivity (Wildman–Crippen MR) is 116 cm³/mol. The van der Waals surface area contributed by atoms with Gasteiger partial charge in [0.1, 0.15) is 0 Å². The molecule has 0 fully saturated rings. The van der Waals surface area contributed by atoms with Crippen molar-refractivity contribution in [2.45, 2.75) is 37.8 Å². The molecule has 0 bridgehead atoms. The normalized spacial score (nSPS) is 16.0. The minimum atomic E-state index is -0.0436. The molecule has 2 heterocycles. The first-order chi connectivity index (χ1) is 13.6. The zero-order chi connectivity index (χ0) is 19.5. The van der Waals surface area contributed by atoms with E-state index in [-0.39, 0.29) is 5.91 Å². The summed E-state index contributed by atoms with van der Waals surface area (Å²) < 4.78 is 2.00. The van der Waals surface area contributed by atoms with Crippen molar-refractivity contribution in [3.8, 4) is 10.7 Å². The van der Waals surface area contributed by atoms with Gasteiger partial charge in [0.25, 0.3) is 0 Å². The van der Waals surface area contributed by atoms with E-state index in [0.29, 0.717) is 5.75 Å². The number of nitrogens with zero attached hydrogens (tertiary/aromatic N) is 3. The number of thiophene rings is 1. The molecule has 146 valence electrons. The van der Waals surface area contributed by atoms with E-state index in [9.17, 15) is 4.79 Å². The monoisotopic (exact) mass is 412 g/mol. The van der Waals surface area contributed by atoms with Crippen molar-refractivity contribution in [2.24, 2.45) is 13.0 Å². The molecule has 2 aromatic heterocycles. The number of hydrogen-bond donors (Lipinski definition) is 1. The summed E-state index contributed by atoms with van der Waals surface area (Å²) in [4.78, 5) is 14.9. The third kappa shape index (κ3) is 4.15. The van der Waals surface area contributed by atoms with Crippen LogP contribution in [0.3, 0.4) is 0 Å². The quantitative estimate of drug-likeness (QED) is 0.592. The Kier molecular flexibility index (Phi) is 5.82. The maximum atomic E-state index is 12.2. The molecule has 0 unspecified atom stereocenters. The first-order valence-corrected chi connectivity index (χ1v) is 11.4. The number of benzene rings is 1. The average Bonchev–Trinajstić information content (AvgIpc) is 3.29. The van der Waals surface area contributed by atoms with E-state index < -0.39 is 0 Å². The van der Waals surface area contributed by atoms with Gasteiger partial charge in [0.15, 0.2) is 11.0 Å². The van der Waals surface area contributed by atoms with E-state index in [1.165, 1.54) is 52.8 Å². The maximum Gasteiger partial charge on any atom is 0.234 e. The number of anilines is 1. The standard InChI is InChI=1S/C21H24N4OS2/c1-3-14-9-10-17-15(11-14)12-18(28-17)20-23-24-21(25(20)2)27-13-19(26)22-16-7-5-4-6-8-16/h4-8,12,14H,3,9-11,13H2,1-2H3,(H,22,26)/t14-/m0/s1. The number of para-hydroxylation sites is 1. The highest BCUT2D eigenvalue weighted by atomic mass is 32.2. The molecule has 1 aromatic carbocycles. The molecule has 4 rings (SSSR count). The van der Waals surface area contributed by atoms with Crippen LogP contribution >= 0.6 is 23.1 Å². The molecule has 0 saturated carbocycles. The van der Waals surface area contributed by atoms with Crippen LogP contribution in [0.4, 0.5) is 5.69 Å². The fourth-order valence-corrected chi connectivity index (χ4v) is 5.50. The largest absolute Gasteiger partial charge is 0.325 e. The molecule has 3 aromatic rings. The Balaban J connectivity index is 1.42. The van der Waals surface area contributed by atoms with Crippen LogP contribution in [0.5, 0.6) is 0 Å². The molecule has 1 atom stereocenters. The molecule has 0 aliphatic heterocycles. The highest BCUT2D eigenvalue weighted by Crippen LogP contribution is 2.38. The second kappa shape index (κ2) is 8.49. The number of fused-ring (bicyclic) bond motifs is 1. The van der Waals surface area contributed by atoms with Crippen LogP contribution in [0, 0.1) is 5.92 Å². The van der Waals surface area contributed by atoms with Crippen molar-refractivity contribution in [1.29, 1.82) is 0 Å². The number of nitrogens with one attached hydrogen (secondary N) is 1. The highest BCUT2D eigenvalue weighted by Gasteiger charge is 2.22. The van der Waals surface area contributed by atoms with Gasteiger partial charge in [0.05, 0.1) is 10.6 Å². The molecular formula is C21H24N4OS2. The fourth-order valence-electron chi connectivity index (χ4n) is 3.56. The van der Waals surface area contributed by atoms with Crippen LogP contribution in [-0.4, -0.2) is 26.4 Å². The first-order valence-electron chi connectivity index (χ1n) is 9.63. The molecule has 7 heteroatoms. The summed E-state index contributed by atoms with van der Waals surface area (Å²) in [5, 5.41) is 12.4. The van der Waals surface area contributed by atoms with Crippen LogP contribution in [0.2, 0.25) is 0 Å². The third-order valence-electron chi connectivity index (χ3n) is 5.21. The van der Waals surface area contributed by atoms with Crippen molar-refractivity contribution in [1.82, 2.24) is 14.8 Å². The van der Waals surface area contributed by atoms with E-state index in [0.717, 1.165) is 22.6 Å². The summed E-state index contributed by atoms with van der Waals surface area (Å²) >= 11 is 3.25. The predicted octanol–water partition coefficient (Wildman–Crippen LogP) is 4.79. The molecule has 0 spiro atoms. The molecule has 1 amide bonds. The van der Waals surface area contributed by atoms with Crippen LogP contribution < -0.4 is 5.32 Å². The van der Waals surface area contributed by atoms with Gasteiger partial charge in [-0.3, -0.25) is 4.79 Å². The zero-order valence-electron chi connectivity index (χ0n) is 16.1. The van der Waals surface area contributed by atoms with Gasteiger partial charge in [0.2, 0.25) is 5.91 Å². The highest BCUT2D eigenvalue weighted by molar-refractivity contribution is 7.99. The summed E-state index contributed by atoms with van der Waals surface area (Å²) in [5.41, 5.74) is 2.29. The second-order valence-corrected chi connectivity index (χ2v) is 9.22. The second-order valence-electron chi connectivity index (χ2n) is 7.14. The first kappa shape index (κ1) is 19.2. The minimum Gasteiger partial charge on any atom is -0.325 e. The van der Waals surface area contributed by atoms with Gasteiger partial charge in [-0.1, -0.05) is 43.3 Å². The van der Waals surface area contributed by atoms with Crippen molar-refractivity contribution in [2.75, 3.05) is 11.1 Å². The summed E-state index contributed by atoms with van der Waals surface area (Å²) in [6.07, 6.45) is 4.90. The molecule has 0 radical (unpaired) electrons. The van der Waals surface area contributed by atoms with Crippen LogP contribution in [0.25, 0.3) is 10.7 Å². The minimum absolute atomic E-state index is 0.0436. The van der Waals surface area contributed by atoms with Gasteiger partial charge < -0.3 is 9.88 Å². The van der Waals surface area contributed by atoms with Gasteiger partial charge in [-0.2, -0.15) is 0 Å². The number of rotatable bonds is 6. The summed E-state index contributed by atoms with van der Waals surface area (Å²) in [7, 11) is 1.97. The lowest BCUT2D eigenvalue weighted by molar-refractivity contribution is -0.113. The van der Waals surface area contributed by atoms with Crippen molar-refractivity contribution < 1.29 is 4.79 Å². The number of amides is 1. The summed E-state index contributed by atoms with van der Waals surface area (Å²) in [6.45, 7) is 2.28. The number of carbonyl (C=O) groups excluding carboxylic acids is 1. The van der Waals surface area contributed by atoms with Crippen molar-refractivity contribution >= 4 is 34.7 Å². The van der Waals surface area contributed by atoms with Crippen molar-refractivity contribution in [3.05, 3.63) is 46.8 Å². The van der Waals surface area contributed by atoms with E-state index >= 15 is 0 Å². The summed E-state index contributed by atoms with van der Waals surface area (Å²) in [6, 6.07) is 11.8. The van der Waals surface area contributed by atoms with Crippen molar-refractivity contribution in [3.63, 3.8) is 0 Å². The van der Waals surface area contributed by atoms with E-state index in [4.69, 9.17) is 0 Å². The average molecular weight is 413 g/mol. The number of aryl methyl sites for hydroxylation is 1. The van der Waals surface area contributed by atoms with Crippen LogP contribution in [0.1, 0.15) is 30.2 Å². The van der Waals surface area contributed by atoms with Gasteiger partial charge in [-0.05, 0) is 48.9 Å². The smallest absolute Gasteiger partial charge is 0.234 e. The van der Waals surface area contributed by atoms with Gasteiger partial charge in [-0.15, -0.1) is 21.5 Å². The number of thioether (sulfide) groups is 1. The van der Waals surface area contributed by atoms with E-state index in [1.54, 1.807) is 0 Å². The third-order valence-corrected chi connectivity index (χ3v) is 7.46. The molecular weight excluding hydrogens is 388 g/mol. The lowest BCUT2D eigenvalue weighted by Gasteiger charge is -2.19. The number of hydrogen-bond acceptors (Lipinski definition) is 5. The SMILES string of the molecule is CC[C@H]1CCc2sc(-c3nnc(SCC(=O)Nc4ccccc4)n3C)cc2C1. The van der Waals surface area contributed by atoms with Gasteiger partial charge in [-0.25, -0.2) is 0 Å². The van der Waals surface area contributed by atoms with Crippen LogP contribution in [0.15, 0.2) is 41.6 Å². The summed E-state index contributed by atoms with van der Waals surface area (Å²) in [5.74, 6) is 1.96. The molecule has 1 N–H and O–H groups in total. The Labute approximate surface area is 173 Å². The Morgan fingerprint density at radius 1 is 1.32 bits per heavy atom. The fraction of sp³-hybridized carbons (Fsp3) is 0.381. The molecule has 28 heavy (non-hydrogen) atoms. The zero-order valence-corrected chi connectivity index (χ0v) is 17.8.